The van der Waals surface area contributed by atoms with E-state index in [0.717, 1.165) is 83.2 Å². The molecule has 2 saturated carbocycles. The minimum absolute atomic E-state index is 0.00194. The molecule has 2 heterocycles. The lowest BCUT2D eigenvalue weighted by Crippen LogP contribution is -2.73. The van der Waals surface area contributed by atoms with Crippen molar-refractivity contribution in [3.05, 3.63) is 29.8 Å². The van der Waals surface area contributed by atoms with Crippen LogP contribution in [0.15, 0.2) is 24.3 Å². The number of carbonyl (C=O) groups excluding carboxylic acids is 3. The van der Waals surface area contributed by atoms with E-state index < -0.39 is 17.2 Å². The van der Waals surface area contributed by atoms with Gasteiger partial charge in [-0.3, -0.25) is 14.4 Å². The molecule has 0 unspecified atom stereocenters. The van der Waals surface area contributed by atoms with Gasteiger partial charge in [0.15, 0.2) is 0 Å². The first-order valence-corrected chi connectivity index (χ1v) is 16.8. The molecule has 9 nitrogen and oxygen atoms in total. The highest BCUT2D eigenvalue weighted by Gasteiger charge is 2.54. The number of ether oxygens (including phenoxy) is 1. The van der Waals surface area contributed by atoms with Gasteiger partial charge in [0.25, 0.3) is 5.91 Å². The number of nitrogens with one attached hydrogen (secondary N) is 2. The average Bonchev–Trinajstić information content (AvgIpc) is 3.02. The molecule has 3 amide bonds. The van der Waals surface area contributed by atoms with Crippen molar-refractivity contribution in [3.8, 4) is 5.75 Å². The Hall–Kier alpha value is -2.65. The number of hydrogen-bond acceptors (Lipinski definition) is 6. The zero-order valence-corrected chi connectivity index (χ0v) is 26.2. The van der Waals surface area contributed by atoms with E-state index in [9.17, 15) is 19.5 Å². The second-order valence-corrected chi connectivity index (χ2v) is 13.6. The number of amides is 3. The summed E-state index contributed by atoms with van der Waals surface area (Å²) >= 11 is 0. The number of nitrogens with zero attached hydrogens (tertiary/aromatic N) is 2. The molecule has 4 aliphatic rings. The van der Waals surface area contributed by atoms with E-state index in [-0.39, 0.29) is 23.8 Å². The summed E-state index contributed by atoms with van der Waals surface area (Å²) in [6.07, 6.45) is 12.4. The fourth-order valence-electron chi connectivity index (χ4n) is 7.87. The molecule has 1 spiro atoms. The lowest BCUT2D eigenvalue weighted by molar-refractivity contribution is -0.163. The van der Waals surface area contributed by atoms with Gasteiger partial charge in [-0.25, -0.2) is 0 Å². The molecule has 2 aliphatic heterocycles. The summed E-state index contributed by atoms with van der Waals surface area (Å²) in [5.41, 5.74) is -0.992. The maximum absolute atomic E-state index is 13.8. The van der Waals surface area contributed by atoms with Crippen LogP contribution in [0.3, 0.4) is 0 Å². The van der Waals surface area contributed by atoms with Gasteiger partial charge in [0, 0.05) is 45.2 Å². The van der Waals surface area contributed by atoms with E-state index in [1.807, 2.05) is 17.0 Å². The number of piperidine rings is 1. The Bertz CT molecular complexity index is 1100. The summed E-state index contributed by atoms with van der Waals surface area (Å²) in [4.78, 5) is 43.8. The molecule has 5 rings (SSSR count). The van der Waals surface area contributed by atoms with Crippen LogP contribution in [0, 0.1) is 5.92 Å². The lowest BCUT2D eigenvalue weighted by Gasteiger charge is -2.52. The fraction of sp³-hybridized carbons (Fsp3) is 0.735. The van der Waals surface area contributed by atoms with Crippen molar-refractivity contribution in [3.63, 3.8) is 0 Å². The molecule has 0 radical (unpaired) electrons. The van der Waals surface area contributed by atoms with Crippen LogP contribution in [0.25, 0.3) is 0 Å². The predicted molar refractivity (Wildman–Crippen MR) is 166 cm³/mol. The van der Waals surface area contributed by atoms with E-state index in [2.05, 4.69) is 22.5 Å². The number of carbonyl (C=O) groups is 3. The summed E-state index contributed by atoms with van der Waals surface area (Å²) < 4.78 is 6.22. The summed E-state index contributed by atoms with van der Waals surface area (Å²) in [6, 6.07) is 6.72. The Morgan fingerprint density at radius 3 is 2.33 bits per heavy atom. The van der Waals surface area contributed by atoms with Crippen molar-refractivity contribution in [1.29, 1.82) is 0 Å². The molecule has 1 atom stereocenters. The van der Waals surface area contributed by atoms with Crippen molar-refractivity contribution >= 4 is 17.7 Å². The van der Waals surface area contributed by atoms with Crippen molar-refractivity contribution in [2.75, 3.05) is 33.2 Å². The van der Waals surface area contributed by atoms with Crippen LogP contribution >= 0.6 is 0 Å². The van der Waals surface area contributed by atoms with Gasteiger partial charge in [0.2, 0.25) is 11.8 Å². The molecule has 1 aromatic rings. The monoisotopic (exact) mass is 596 g/mol. The molecule has 0 aromatic heterocycles. The first-order chi connectivity index (χ1) is 20.7. The van der Waals surface area contributed by atoms with Crippen molar-refractivity contribution in [2.24, 2.45) is 5.92 Å². The quantitative estimate of drug-likeness (QED) is 0.376. The molecule has 2 saturated heterocycles. The Balaban J connectivity index is 1.12. The van der Waals surface area contributed by atoms with Gasteiger partial charge in [-0.1, -0.05) is 32.6 Å². The van der Waals surface area contributed by atoms with Crippen LogP contribution in [0.1, 0.15) is 107 Å². The van der Waals surface area contributed by atoms with Gasteiger partial charge in [-0.15, -0.1) is 0 Å². The van der Waals surface area contributed by atoms with Crippen molar-refractivity contribution < 1.29 is 24.2 Å². The van der Waals surface area contributed by atoms with Gasteiger partial charge in [0.1, 0.15) is 17.3 Å². The molecule has 4 fully saturated rings. The zero-order chi connectivity index (χ0) is 30.5. The van der Waals surface area contributed by atoms with E-state index >= 15 is 0 Å². The zero-order valence-electron chi connectivity index (χ0n) is 26.2. The smallest absolute Gasteiger partial charge is 0.251 e. The highest BCUT2D eigenvalue weighted by Crippen LogP contribution is 2.38. The maximum atomic E-state index is 13.8. The Morgan fingerprint density at radius 1 is 1.02 bits per heavy atom. The van der Waals surface area contributed by atoms with Gasteiger partial charge < -0.3 is 30.3 Å². The first-order valence-electron chi connectivity index (χ1n) is 16.8. The van der Waals surface area contributed by atoms with E-state index in [1.165, 1.54) is 0 Å². The summed E-state index contributed by atoms with van der Waals surface area (Å²) in [6.45, 7) is 5.37. The van der Waals surface area contributed by atoms with Crippen molar-refractivity contribution in [2.45, 2.75) is 120 Å². The molecule has 43 heavy (non-hydrogen) atoms. The first kappa shape index (κ1) is 31.8. The van der Waals surface area contributed by atoms with Crippen LogP contribution < -0.4 is 15.4 Å². The van der Waals surface area contributed by atoms with Crippen LogP contribution in [-0.2, 0) is 9.59 Å². The number of piperazine rings is 1. The molecule has 3 N–H and O–H groups in total. The molecular formula is C34H52N4O5. The van der Waals surface area contributed by atoms with E-state index in [4.69, 9.17) is 4.74 Å². The normalized spacial score (nSPS) is 27.5. The third kappa shape index (κ3) is 7.36. The third-order valence-corrected chi connectivity index (χ3v) is 10.6. The molecule has 2 aliphatic carbocycles. The number of benzene rings is 1. The molecule has 0 bridgehead atoms. The molecule has 1 aromatic carbocycles. The number of unbranched alkanes of at least 4 members (excludes halogenated alkanes) is 1. The van der Waals surface area contributed by atoms with Crippen LogP contribution in [-0.4, -0.2) is 89.1 Å². The molecule has 9 heteroatoms. The minimum Gasteiger partial charge on any atom is -0.490 e. The van der Waals surface area contributed by atoms with Crippen LogP contribution in [0.4, 0.5) is 0 Å². The minimum atomic E-state index is -0.850. The summed E-state index contributed by atoms with van der Waals surface area (Å²) in [5, 5.41) is 16.9. The largest absolute Gasteiger partial charge is 0.490 e. The summed E-state index contributed by atoms with van der Waals surface area (Å²) in [5.74, 6) is 1.29. The molecular weight excluding hydrogens is 544 g/mol. The average molecular weight is 597 g/mol. The predicted octanol–water partition coefficient (Wildman–Crippen LogP) is 4.03. The fourth-order valence-corrected chi connectivity index (χ4v) is 7.87. The number of likely N-dealkylation sites (tertiary alicyclic amines) is 1. The topological polar surface area (TPSA) is 111 Å². The van der Waals surface area contributed by atoms with Crippen LogP contribution in [0.5, 0.6) is 5.75 Å². The Morgan fingerprint density at radius 2 is 1.70 bits per heavy atom. The lowest BCUT2D eigenvalue weighted by atomic mass is 9.77. The highest BCUT2D eigenvalue weighted by atomic mass is 16.5. The van der Waals surface area contributed by atoms with Crippen LogP contribution in [0.2, 0.25) is 0 Å². The molecule has 238 valence electrons. The Labute approximate surface area is 257 Å². The number of aliphatic hydroxyl groups is 1. The Kier molecular flexibility index (Phi) is 10.3. The number of rotatable bonds is 10. The maximum Gasteiger partial charge on any atom is 0.251 e. The second kappa shape index (κ2) is 14.0. The number of hydrogen-bond donors (Lipinski definition) is 3. The third-order valence-electron chi connectivity index (χ3n) is 10.6. The van der Waals surface area contributed by atoms with Crippen molar-refractivity contribution in [1.82, 2.24) is 20.4 Å². The van der Waals surface area contributed by atoms with Gasteiger partial charge in [-0.2, -0.15) is 0 Å². The SMILES string of the molecule is CCCCN1C(=O)[C@@H](CC2(O)CCCCC2)NC(=O)C12CCN(CC1CCC(Oc3ccc(C(=O)NC)cc3)CC1)CC2. The van der Waals surface area contributed by atoms with Gasteiger partial charge >= 0.3 is 0 Å². The van der Waals surface area contributed by atoms with E-state index in [1.54, 1.807) is 19.2 Å². The standard InChI is InChI=1S/C34H52N4O5/c1-3-4-20-38-31(40)29(23-33(42)16-6-5-7-17-33)36-32(41)34(38)18-21-37(22-19-34)24-25-8-12-27(13-9-25)43-28-14-10-26(11-15-28)30(39)35-2/h10-11,14-15,25,27,29,42H,3-9,12-13,16-24H2,1-2H3,(H,35,39)(H,36,41)/t25?,27?,29-/m1/s1. The van der Waals surface area contributed by atoms with Gasteiger partial charge in [0.05, 0.1) is 11.7 Å². The highest BCUT2D eigenvalue weighted by molar-refractivity contribution is 6.00. The van der Waals surface area contributed by atoms with Gasteiger partial charge in [-0.05, 0) is 88.0 Å². The second-order valence-electron chi connectivity index (χ2n) is 13.6. The van der Waals surface area contributed by atoms with E-state index in [0.29, 0.717) is 50.1 Å². The summed E-state index contributed by atoms with van der Waals surface area (Å²) in [7, 11) is 1.63.